The molecule has 1 atom stereocenters. The third-order valence-electron chi connectivity index (χ3n) is 5.20. The summed E-state index contributed by atoms with van der Waals surface area (Å²) in [5.41, 5.74) is 3.92. The lowest BCUT2D eigenvalue weighted by molar-refractivity contribution is -0.123. The number of hydrogen-bond donors (Lipinski definition) is 1. The zero-order chi connectivity index (χ0) is 24.2. The first kappa shape index (κ1) is 24.5. The van der Waals surface area contributed by atoms with Crippen molar-refractivity contribution in [3.8, 4) is 0 Å². The molecular weight excluding hydrogens is 438 g/mol. The van der Waals surface area contributed by atoms with E-state index in [9.17, 15) is 9.59 Å². The van der Waals surface area contributed by atoms with Crippen LogP contribution in [0.2, 0.25) is 0 Å². The van der Waals surface area contributed by atoms with E-state index in [1.54, 1.807) is 25.3 Å². The van der Waals surface area contributed by atoms with Gasteiger partial charge in [-0.25, -0.2) is 9.78 Å². The molecule has 174 valence electrons. The Labute approximate surface area is 198 Å². The number of aryl methyl sites for hydroxylation is 2. The first-order valence-electron chi connectivity index (χ1n) is 10.7. The number of pyridine rings is 1. The molecule has 0 aliphatic carbocycles. The smallest absolute Gasteiger partial charge is 0.341 e. The molecule has 7 nitrogen and oxygen atoms in total. The highest BCUT2D eigenvalue weighted by Crippen LogP contribution is 2.28. The summed E-state index contributed by atoms with van der Waals surface area (Å²) in [7, 11) is 0. The molecular formula is C25H29N3O4S. The lowest BCUT2D eigenvalue weighted by Crippen LogP contribution is -2.30. The van der Waals surface area contributed by atoms with Crippen LogP contribution in [0.1, 0.15) is 60.6 Å². The number of hydrogen-bond acceptors (Lipinski definition) is 7. The van der Waals surface area contributed by atoms with Gasteiger partial charge in [0.1, 0.15) is 10.8 Å². The van der Waals surface area contributed by atoms with Crippen LogP contribution in [0.15, 0.2) is 52.1 Å². The second-order valence-corrected chi connectivity index (χ2v) is 9.78. The fourth-order valence-electron chi connectivity index (χ4n) is 3.08. The minimum atomic E-state index is -0.972. The van der Waals surface area contributed by atoms with Crippen LogP contribution in [0.3, 0.4) is 0 Å². The van der Waals surface area contributed by atoms with E-state index in [-0.39, 0.29) is 5.41 Å². The SMILES string of the molecule is Cc1noc(C)c1CSc1ncccc1C(=O)OC(C)C(=O)Nc1ccc(C(C)(C)C)cc1. The van der Waals surface area contributed by atoms with E-state index in [4.69, 9.17) is 9.26 Å². The number of carbonyl (C=O) groups excluding carboxylic acids is 2. The number of nitrogens with zero attached hydrogens (tertiary/aromatic N) is 2. The van der Waals surface area contributed by atoms with Crippen molar-refractivity contribution in [3.05, 3.63) is 70.7 Å². The second-order valence-electron chi connectivity index (χ2n) is 8.81. The van der Waals surface area contributed by atoms with Crippen molar-refractivity contribution in [3.63, 3.8) is 0 Å². The van der Waals surface area contributed by atoms with Crippen molar-refractivity contribution in [1.29, 1.82) is 0 Å². The number of amides is 1. The molecule has 1 unspecified atom stereocenters. The predicted molar refractivity (Wildman–Crippen MR) is 128 cm³/mol. The molecule has 1 amide bonds. The Morgan fingerprint density at radius 1 is 1.15 bits per heavy atom. The van der Waals surface area contributed by atoms with Crippen molar-refractivity contribution in [2.24, 2.45) is 0 Å². The molecule has 0 aliphatic heterocycles. The summed E-state index contributed by atoms with van der Waals surface area (Å²) in [6.07, 6.45) is 0.643. The van der Waals surface area contributed by atoms with Gasteiger partial charge in [-0.05, 0) is 56.0 Å². The molecule has 0 aliphatic rings. The van der Waals surface area contributed by atoms with Crippen LogP contribution >= 0.6 is 11.8 Å². The van der Waals surface area contributed by atoms with Crippen LogP contribution in [-0.4, -0.2) is 28.1 Å². The lowest BCUT2D eigenvalue weighted by Gasteiger charge is -2.19. The normalized spacial score (nSPS) is 12.3. The van der Waals surface area contributed by atoms with Gasteiger partial charge in [0, 0.05) is 23.2 Å². The monoisotopic (exact) mass is 467 g/mol. The predicted octanol–water partition coefficient (Wildman–Crippen LogP) is 5.46. The Morgan fingerprint density at radius 2 is 1.85 bits per heavy atom. The van der Waals surface area contributed by atoms with Crippen LogP contribution in [-0.2, 0) is 20.7 Å². The van der Waals surface area contributed by atoms with E-state index < -0.39 is 18.0 Å². The fraction of sp³-hybridized carbons (Fsp3) is 0.360. The molecule has 2 aromatic heterocycles. The molecule has 0 spiro atoms. The van der Waals surface area contributed by atoms with E-state index in [0.717, 1.165) is 22.6 Å². The van der Waals surface area contributed by atoms with Gasteiger partial charge in [-0.2, -0.15) is 0 Å². The van der Waals surface area contributed by atoms with Crippen LogP contribution in [0.4, 0.5) is 5.69 Å². The van der Waals surface area contributed by atoms with Crippen molar-refractivity contribution < 1.29 is 18.8 Å². The summed E-state index contributed by atoms with van der Waals surface area (Å²) in [4.78, 5) is 29.7. The van der Waals surface area contributed by atoms with Crippen LogP contribution in [0.5, 0.6) is 0 Å². The topological polar surface area (TPSA) is 94.3 Å². The Morgan fingerprint density at radius 3 is 2.45 bits per heavy atom. The maximum Gasteiger partial charge on any atom is 0.341 e. The Kier molecular flexibility index (Phi) is 7.58. The molecule has 0 saturated heterocycles. The first-order chi connectivity index (χ1) is 15.6. The van der Waals surface area contributed by atoms with E-state index in [2.05, 4.69) is 36.2 Å². The summed E-state index contributed by atoms with van der Waals surface area (Å²) in [6.45, 7) is 11.6. The molecule has 1 N–H and O–H groups in total. The van der Waals surface area contributed by atoms with Gasteiger partial charge in [0.2, 0.25) is 0 Å². The molecule has 1 aromatic carbocycles. The number of rotatable bonds is 7. The summed E-state index contributed by atoms with van der Waals surface area (Å²) in [6, 6.07) is 10.9. The number of nitrogens with one attached hydrogen (secondary N) is 1. The van der Waals surface area contributed by atoms with Gasteiger partial charge < -0.3 is 14.6 Å². The first-order valence-corrected chi connectivity index (χ1v) is 11.7. The fourth-order valence-corrected chi connectivity index (χ4v) is 4.22. The molecule has 0 bridgehead atoms. The van der Waals surface area contributed by atoms with Crippen molar-refractivity contribution in [2.75, 3.05) is 5.32 Å². The highest BCUT2D eigenvalue weighted by molar-refractivity contribution is 7.98. The quantitative estimate of drug-likeness (QED) is 0.364. The average Bonchev–Trinajstić information content (AvgIpc) is 3.09. The van der Waals surface area contributed by atoms with Gasteiger partial charge in [0.05, 0.1) is 11.3 Å². The van der Waals surface area contributed by atoms with Crippen LogP contribution < -0.4 is 5.32 Å². The highest BCUT2D eigenvalue weighted by Gasteiger charge is 2.22. The minimum absolute atomic E-state index is 0.0241. The van der Waals surface area contributed by atoms with Gasteiger partial charge in [-0.15, -0.1) is 11.8 Å². The largest absolute Gasteiger partial charge is 0.449 e. The molecule has 0 saturated carbocycles. The number of carbonyl (C=O) groups is 2. The van der Waals surface area contributed by atoms with Crippen LogP contribution in [0, 0.1) is 13.8 Å². The van der Waals surface area contributed by atoms with E-state index >= 15 is 0 Å². The summed E-state index contributed by atoms with van der Waals surface area (Å²) in [5, 5.41) is 7.27. The second kappa shape index (κ2) is 10.2. The van der Waals surface area contributed by atoms with Gasteiger partial charge in [-0.1, -0.05) is 38.1 Å². The van der Waals surface area contributed by atoms with Gasteiger partial charge in [0.25, 0.3) is 5.91 Å². The Bertz CT molecular complexity index is 1110. The molecule has 8 heteroatoms. The standard InChI is InChI=1S/C25H29N3O4S/c1-15-21(16(2)32-28-15)14-33-23-20(8-7-13-26-23)24(30)31-17(3)22(29)27-19-11-9-18(10-12-19)25(4,5)6/h7-13,17H,14H2,1-6H3,(H,27,29). The molecule has 0 fully saturated rings. The number of benzene rings is 1. The Balaban J connectivity index is 1.63. The van der Waals surface area contributed by atoms with E-state index in [0.29, 0.717) is 22.0 Å². The lowest BCUT2D eigenvalue weighted by atomic mass is 9.87. The Hall–Kier alpha value is -3.13. The highest BCUT2D eigenvalue weighted by atomic mass is 32.2. The van der Waals surface area contributed by atoms with Crippen molar-refractivity contribution in [2.45, 2.75) is 63.8 Å². The van der Waals surface area contributed by atoms with Gasteiger partial charge >= 0.3 is 5.97 Å². The molecule has 3 aromatic rings. The summed E-state index contributed by atoms with van der Waals surface area (Å²) in [5.74, 6) is 0.288. The number of esters is 1. The minimum Gasteiger partial charge on any atom is -0.449 e. The van der Waals surface area contributed by atoms with Gasteiger partial charge in [0.15, 0.2) is 6.10 Å². The molecule has 2 heterocycles. The number of ether oxygens (including phenoxy) is 1. The maximum atomic E-state index is 12.8. The number of aromatic nitrogens is 2. The summed E-state index contributed by atoms with van der Waals surface area (Å²) >= 11 is 1.39. The van der Waals surface area contributed by atoms with E-state index in [1.165, 1.54) is 11.8 Å². The van der Waals surface area contributed by atoms with Crippen molar-refractivity contribution >= 4 is 29.3 Å². The molecule has 33 heavy (non-hydrogen) atoms. The molecule has 0 radical (unpaired) electrons. The average molecular weight is 468 g/mol. The third kappa shape index (κ3) is 6.22. The third-order valence-corrected chi connectivity index (χ3v) is 6.23. The zero-order valence-electron chi connectivity index (χ0n) is 19.8. The number of thioether (sulfide) groups is 1. The maximum absolute atomic E-state index is 12.8. The van der Waals surface area contributed by atoms with Gasteiger partial charge in [-0.3, -0.25) is 4.79 Å². The zero-order valence-corrected chi connectivity index (χ0v) is 20.6. The van der Waals surface area contributed by atoms with E-state index in [1.807, 2.05) is 38.1 Å². The van der Waals surface area contributed by atoms with Crippen molar-refractivity contribution in [1.82, 2.24) is 10.1 Å². The summed E-state index contributed by atoms with van der Waals surface area (Å²) < 4.78 is 10.6. The van der Waals surface area contributed by atoms with Crippen LogP contribution in [0.25, 0.3) is 0 Å². The number of anilines is 1. The molecule has 3 rings (SSSR count).